The standard InChI is InChI=1S/C14H22N2OS/c1-14(2,3)16-13(17)9-11(15)10-18-12-7-5-4-6-8-12/h4-8,11H,9-10,15H2,1-3H3,(H,16,17)/t11-/m1/s1. The number of hydrogen-bond donors (Lipinski definition) is 2. The number of rotatable bonds is 5. The third-order valence-electron chi connectivity index (χ3n) is 2.17. The first kappa shape index (κ1) is 15.1. The topological polar surface area (TPSA) is 55.1 Å². The van der Waals surface area contributed by atoms with Crippen LogP contribution in [0.4, 0.5) is 0 Å². The van der Waals surface area contributed by atoms with Crippen LogP contribution in [0.25, 0.3) is 0 Å². The van der Waals surface area contributed by atoms with E-state index in [0.29, 0.717) is 6.42 Å². The Morgan fingerprint density at radius 1 is 1.33 bits per heavy atom. The Morgan fingerprint density at radius 3 is 2.50 bits per heavy atom. The number of amides is 1. The predicted octanol–water partition coefficient (Wildman–Crippen LogP) is 2.41. The molecule has 0 radical (unpaired) electrons. The average Bonchev–Trinajstić information content (AvgIpc) is 2.25. The normalized spacial score (nSPS) is 13.1. The molecular formula is C14H22N2OS. The molecule has 0 aromatic heterocycles. The molecule has 0 spiro atoms. The van der Waals surface area contributed by atoms with E-state index >= 15 is 0 Å². The molecule has 0 saturated heterocycles. The Kier molecular flexibility index (Phi) is 5.69. The summed E-state index contributed by atoms with van der Waals surface area (Å²) >= 11 is 1.68. The Hall–Kier alpha value is -1.00. The van der Waals surface area contributed by atoms with Crippen LogP contribution in [0, 0.1) is 0 Å². The molecule has 18 heavy (non-hydrogen) atoms. The Morgan fingerprint density at radius 2 is 1.94 bits per heavy atom. The van der Waals surface area contributed by atoms with Gasteiger partial charge in [0.05, 0.1) is 0 Å². The van der Waals surface area contributed by atoms with Gasteiger partial charge in [0.15, 0.2) is 0 Å². The van der Waals surface area contributed by atoms with Gasteiger partial charge in [-0.3, -0.25) is 4.79 Å². The Balaban J connectivity index is 2.29. The monoisotopic (exact) mass is 266 g/mol. The SMILES string of the molecule is CC(C)(C)NC(=O)C[C@@H](N)CSc1ccccc1. The van der Waals surface area contributed by atoms with Crippen LogP contribution in [0.5, 0.6) is 0 Å². The molecule has 0 aliphatic heterocycles. The van der Waals surface area contributed by atoms with Crippen LogP contribution in [0.15, 0.2) is 35.2 Å². The van der Waals surface area contributed by atoms with Crippen molar-refractivity contribution in [2.75, 3.05) is 5.75 Å². The molecule has 0 saturated carbocycles. The third-order valence-corrected chi connectivity index (χ3v) is 3.37. The number of hydrogen-bond acceptors (Lipinski definition) is 3. The fourth-order valence-electron chi connectivity index (χ4n) is 1.49. The highest BCUT2D eigenvalue weighted by atomic mass is 32.2. The molecule has 0 fully saturated rings. The van der Waals surface area contributed by atoms with Gasteiger partial charge in [-0.05, 0) is 32.9 Å². The summed E-state index contributed by atoms with van der Waals surface area (Å²) in [6, 6.07) is 9.97. The Labute approximate surface area is 114 Å². The summed E-state index contributed by atoms with van der Waals surface area (Å²) in [6.45, 7) is 5.90. The van der Waals surface area contributed by atoms with E-state index in [1.54, 1.807) is 11.8 Å². The maximum atomic E-state index is 11.7. The summed E-state index contributed by atoms with van der Waals surface area (Å²) < 4.78 is 0. The lowest BCUT2D eigenvalue weighted by Crippen LogP contribution is -2.43. The Bertz CT molecular complexity index is 373. The number of benzene rings is 1. The number of nitrogens with one attached hydrogen (secondary N) is 1. The largest absolute Gasteiger partial charge is 0.351 e. The van der Waals surface area contributed by atoms with Crippen molar-refractivity contribution in [3.63, 3.8) is 0 Å². The minimum absolute atomic E-state index is 0.0173. The zero-order chi connectivity index (χ0) is 13.6. The number of carbonyl (C=O) groups is 1. The second kappa shape index (κ2) is 6.81. The predicted molar refractivity (Wildman–Crippen MR) is 77.7 cm³/mol. The van der Waals surface area contributed by atoms with Gasteiger partial charge >= 0.3 is 0 Å². The van der Waals surface area contributed by atoms with Crippen LogP contribution in [0.1, 0.15) is 27.2 Å². The van der Waals surface area contributed by atoms with Gasteiger partial charge in [0, 0.05) is 28.6 Å². The van der Waals surface area contributed by atoms with Gasteiger partial charge in [-0.15, -0.1) is 11.8 Å². The fourth-order valence-corrected chi connectivity index (χ4v) is 2.36. The highest BCUT2D eigenvalue weighted by molar-refractivity contribution is 7.99. The molecule has 0 bridgehead atoms. The van der Waals surface area contributed by atoms with Gasteiger partial charge in [-0.25, -0.2) is 0 Å². The van der Waals surface area contributed by atoms with Crippen molar-refractivity contribution in [3.05, 3.63) is 30.3 Å². The molecule has 3 nitrogen and oxygen atoms in total. The summed E-state index contributed by atoms with van der Waals surface area (Å²) in [7, 11) is 0. The summed E-state index contributed by atoms with van der Waals surface area (Å²) in [4.78, 5) is 12.9. The molecule has 1 aromatic rings. The number of carbonyl (C=O) groups excluding carboxylic acids is 1. The van der Waals surface area contributed by atoms with Gasteiger partial charge in [-0.2, -0.15) is 0 Å². The van der Waals surface area contributed by atoms with E-state index in [-0.39, 0.29) is 17.5 Å². The average molecular weight is 266 g/mol. The van der Waals surface area contributed by atoms with Gasteiger partial charge in [0.1, 0.15) is 0 Å². The van der Waals surface area contributed by atoms with E-state index in [2.05, 4.69) is 5.32 Å². The number of nitrogens with two attached hydrogens (primary N) is 1. The van der Waals surface area contributed by atoms with Crippen molar-refractivity contribution in [2.45, 2.75) is 43.7 Å². The lowest BCUT2D eigenvalue weighted by atomic mass is 10.1. The maximum Gasteiger partial charge on any atom is 0.221 e. The lowest BCUT2D eigenvalue weighted by Gasteiger charge is -2.21. The minimum atomic E-state index is -0.191. The highest BCUT2D eigenvalue weighted by Gasteiger charge is 2.16. The molecule has 4 heteroatoms. The molecule has 1 amide bonds. The van der Waals surface area contributed by atoms with Gasteiger partial charge in [0.25, 0.3) is 0 Å². The van der Waals surface area contributed by atoms with Crippen LogP contribution in [0.3, 0.4) is 0 Å². The molecule has 1 aromatic carbocycles. The van der Waals surface area contributed by atoms with E-state index in [4.69, 9.17) is 5.73 Å². The van der Waals surface area contributed by atoms with Gasteiger partial charge in [0.2, 0.25) is 5.91 Å². The highest BCUT2D eigenvalue weighted by Crippen LogP contribution is 2.18. The van der Waals surface area contributed by atoms with Crippen molar-refractivity contribution in [2.24, 2.45) is 5.73 Å². The number of thioether (sulfide) groups is 1. The molecular weight excluding hydrogens is 244 g/mol. The first-order chi connectivity index (χ1) is 8.37. The van der Waals surface area contributed by atoms with E-state index in [9.17, 15) is 4.79 Å². The minimum Gasteiger partial charge on any atom is -0.351 e. The summed E-state index contributed by atoms with van der Waals surface area (Å²) in [5, 5.41) is 2.92. The van der Waals surface area contributed by atoms with Crippen molar-refractivity contribution in [1.29, 1.82) is 0 Å². The molecule has 1 rings (SSSR count). The molecule has 0 aliphatic rings. The van der Waals surface area contributed by atoms with Crippen LogP contribution in [-0.2, 0) is 4.79 Å². The molecule has 3 N–H and O–H groups in total. The maximum absolute atomic E-state index is 11.7. The molecule has 100 valence electrons. The van der Waals surface area contributed by atoms with Crippen molar-refractivity contribution in [3.8, 4) is 0 Å². The van der Waals surface area contributed by atoms with Crippen molar-refractivity contribution < 1.29 is 4.79 Å². The summed E-state index contributed by atoms with van der Waals surface area (Å²) in [5.41, 5.74) is 5.77. The first-order valence-electron chi connectivity index (χ1n) is 6.11. The smallest absolute Gasteiger partial charge is 0.221 e. The van der Waals surface area contributed by atoms with E-state index in [1.807, 2.05) is 51.1 Å². The van der Waals surface area contributed by atoms with Crippen molar-refractivity contribution >= 4 is 17.7 Å². The summed E-state index contributed by atoms with van der Waals surface area (Å²) in [5.74, 6) is 0.769. The molecule has 1 atom stereocenters. The van der Waals surface area contributed by atoms with Gasteiger partial charge < -0.3 is 11.1 Å². The fraction of sp³-hybridized carbons (Fsp3) is 0.500. The zero-order valence-electron chi connectivity index (χ0n) is 11.3. The second-order valence-electron chi connectivity index (χ2n) is 5.39. The first-order valence-corrected chi connectivity index (χ1v) is 7.10. The molecule has 0 aliphatic carbocycles. The second-order valence-corrected chi connectivity index (χ2v) is 6.48. The van der Waals surface area contributed by atoms with Crippen LogP contribution < -0.4 is 11.1 Å². The van der Waals surface area contributed by atoms with E-state index in [0.717, 1.165) is 5.75 Å². The van der Waals surface area contributed by atoms with Crippen molar-refractivity contribution in [1.82, 2.24) is 5.32 Å². The molecule has 0 heterocycles. The van der Waals surface area contributed by atoms with E-state index < -0.39 is 0 Å². The molecule has 0 unspecified atom stereocenters. The quantitative estimate of drug-likeness (QED) is 0.805. The van der Waals surface area contributed by atoms with Crippen LogP contribution in [-0.4, -0.2) is 23.2 Å². The lowest BCUT2D eigenvalue weighted by molar-refractivity contribution is -0.122. The third kappa shape index (κ3) is 6.67. The summed E-state index contributed by atoms with van der Waals surface area (Å²) in [6.07, 6.45) is 0.372. The van der Waals surface area contributed by atoms with Crippen LogP contribution >= 0.6 is 11.8 Å². The zero-order valence-corrected chi connectivity index (χ0v) is 12.1. The van der Waals surface area contributed by atoms with E-state index in [1.165, 1.54) is 4.90 Å². The van der Waals surface area contributed by atoms with Gasteiger partial charge in [-0.1, -0.05) is 18.2 Å². The van der Waals surface area contributed by atoms with Crippen LogP contribution in [0.2, 0.25) is 0 Å².